The number of thioether (sulfide) groups is 1. The van der Waals surface area contributed by atoms with E-state index in [4.69, 9.17) is 0 Å². The summed E-state index contributed by atoms with van der Waals surface area (Å²) < 4.78 is 0. The highest BCUT2D eigenvalue weighted by Gasteiger charge is 2.42. The Labute approximate surface area is 88.6 Å². The third-order valence-electron chi connectivity index (χ3n) is 3.71. The second kappa shape index (κ2) is 3.42. The molecule has 3 unspecified atom stereocenters. The van der Waals surface area contributed by atoms with Crippen LogP contribution in [-0.4, -0.2) is 41.1 Å². The van der Waals surface area contributed by atoms with Gasteiger partial charge in [0.2, 0.25) is 5.91 Å². The van der Waals surface area contributed by atoms with Crippen LogP contribution in [0.1, 0.15) is 19.3 Å². The zero-order chi connectivity index (χ0) is 9.54. The predicted molar refractivity (Wildman–Crippen MR) is 57.1 cm³/mol. The summed E-state index contributed by atoms with van der Waals surface area (Å²) in [6.07, 6.45) is 3.86. The van der Waals surface area contributed by atoms with Crippen molar-refractivity contribution in [2.45, 2.75) is 31.3 Å². The quantitative estimate of drug-likeness (QED) is 0.693. The molecular weight excluding hydrogens is 196 g/mol. The Hall–Kier alpha value is -0.220. The van der Waals surface area contributed by atoms with Gasteiger partial charge in [-0.05, 0) is 25.2 Å². The van der Waals surface area contributed by atoms with Gasteiger partial charge in [-0.2, -0.15) is 0 Å². The summed E-state index contributed by atoms with van der Waals surface area (Å²) >= 11 is 1.83. The number of nitrogens with zero attached hydrogens (tertiary/aromatic N) is 1. The molecule has 1 amide bonds. The second-order valence-electron chi connectivity index (χ2n) is 4.60. The molecule has 1 saturated carbocycles. The molecule has 0 aromatic carbocycles. The first-order valence-electron chi connectivity index (χ1n) is 5.46. The first-order valence-corrected chi connectivity index (χ1v) is 6.61. The highest BCUT2D eigenvalue weighted by molar-refractivity contribution is 7.99. The van der Waals surface area contributed by atoms with Crippen LogP contribution < -0.4 is 5.32 Å². The molecule has 2 aliphatic heterocycles. The van der Waals surface area contributed by atoms with Crippen molar-refractivity contribution in [1.29, 1.82) is 0 Å². The van der Waals surface area contributed by atoms with Gasteiger partial charge in [-0.1, -0.05) is 0 Å². The van der Waals surface area contributed by atoms with E-state index in [1.54, 1.807) is 0 Å². The highest BCUT2D eigenvalue weighted by atomic mass is 32.2. The number of likely N-dealkylation sites (tertiary alicyclic amines) is 1. The third-order valence-corrected chi connectivity index (χ3v) is 4.65. The summed E-state index contributed by atoms with van der Waals surface area (Å²) in [5.74, 6) is 3.09. The van der Waals surface area contributed by atoms with Crippen LogP contribution in [0.3, 0.4) is 0 Å². The highest BCUT2D eigenvalue weighted by Crippen LogP contribution is 2.37. The molecule has 2 heterocycles. The van der Waals surface area contributed by atoms with Crippen molar-refractivity contribution >= 4 is 17.7 Å². The molecule has 0 aromatic heterocycles. The molecule has 3 rings (SSSR count). The molecule has 0 aromatic rings. The fraction of sp³-hybridized carbons (Fsp3) is 0.900. The van der Waals surface area contributed by atoms with E-state index >= 15 is 0 Å². The van der Waals surface area contributed by atoms with E-state index in [0.29, 0.717) is 11.9 Å². The Bertz CT molecular complexity index is 253. The zero-order valence-corrected chi connectivity index (χ0v) is 9.05. The van der Waals surface area contributed by atoms with Crippen molar-refractivity contribution in [2.75, 3.05) is 18.2 Å². The summed E-state index contributed by atoms with van der Waals surface area (Å²) in [4.78, 5) is 14.2. The number of piperidine rings is 1. The molecule has 1 N–H and O–H groups in total. The minimum atomic E-state index is 0.111. The van der Waals surface area contributed by atoms with E-state index in [-0.39, 0.29) is 6.04 Å². The number of nitrogens with one attached hydrogen (secondary N) is 1. The van der Waals surface area contributed by atoms with Gasteiger partial charge in [-0.25, -0.2) is 0 Å². The summed E-state index contributed by atoms with van der Waals surface area (Å²) in [5, 5.41) is 3.26. The molecule has 78 valence electrons. The lowest BCUT2D eigenvalue weighted by molar-refractivity contribution is -0.134. The van der Waals surface area contributed by atoms with Gasteiger partial charge in [0.1, 0.15) is 0 Å². The number of carbonyl (C=O) groups is 1. The number of amides is 1. The fourth-order valence-corrected chi connectivity index (χ4v) is 3.88. The van der Waals surface area contributed by atoms with Gasteiger partial charge < -0.3 is 4.90 Å². The van der Waals surface area contributed by atoms with Crippen LogP contribution in [0.5, 0.6) is 0 Å². The molecule has 0 spiro atoms. The van der Waals surface area contributed by atoms with Crippen molar-refractivity contribution < 1.29 is 4.79 Å². The van der Waals surface area contributed by atoms with E-state index in [9.17, 15) is 4.79 Å². The number of hydrogen-bond acceptors (Lipinski definition) is 3. The Balaban J connectivity index is 1.67. The van der Waals surface area contributed by atoms with Crippen molar-refractivity contribution in [1.82, 2.24) is 10.2 Å². The van der Waals surface area contributed by atoms with Gasteiger partial charge in [0.05, 0.1) is 6.04 Å². The van der Waals surface area contributed by atoms with Crippen LogP contribution in [0.4, 0.5) is 0 Å². The van der Waals surface area contributed by atoms with E-state index in [2.05, 4.69) is 10.2 Å². The van der Waals surface area contributed by atoms with Crippen molar-refractivity contribution in [3.05, 3.63) is 0 Å². The first-order chi connectivity index (χ1) is 6.84. The Morgan fingerprint density at radius 2 is 2.36 bits per heavy atom. The lowest BCUT2D eigenvalue weighted by atomic mass is 10.1. The normalized spacial score (nSPS) is 40.9. The molecular formula is C10H16N2OS. The van der Waals surface area contributed by atoms with Gasteiger partial charge in [0.15, 0.2) is 0 Å². The van der Waals surface area contributed by atoms with Gasteiger partial charge in [-0.3, -0.25) is 10.1 Å². The molecule has 14 heavy (non-hydrogen) atoms. The molecule has 1 aliphatic carbocycles. The SMILES string of the molecule is O=C(C1CSCN1)N1CC2CCC1C2. The number of rotatable bonds is 1. The first kappa shape index (κ1) is 9.04. The standard InChI is InChI=1S/C10H16N2OS/c13-10(9-5-14-6-11-9)12-4-7-1-2-8(12)3-7/h7-9,11H,1-6H2. The van der Waals surface area contributed by atoms with Gasteiger partial charge in [0.25, 0.3) is 0 Å². The summed E-state index contributed by atoms with van der Waals surface area (Å²) in [6, 6.07) is 0.694. The number of carbonyl (C=O) groups excluding carboxylic acids is 1. The lowest BCUT2D eigenvalue weighted by Gasteiger charge is -2.29. The van der Waals surface area contributed by atoms with Crippen LogP contribution in [-0.2, 0) is 4.79 Å². The van der Waals surface area contributed by atoms with Crippen molar-refractivity contribution in [3.63, 3.8) is 0 Å². The molecule has 2 saturated heterocycles. The largest absolute Gasteiger partial charge is 0.338 e. The lowest BCUT2D eigenvalue weighted by Crippen LogP contribution is -2.48. The van der Waals surface area contributed by atoms with Crippen LogP contribution in [0.2, 0.25) is 0 Å². The van der Waals surface area contributed by atoms with Crippen LogP contribution in [0.15, 0.2) is 0 Å². The van der Waals surface area contributed by atoms with Crippen molar-refractivity contribution in [3.8, 4) is 0 Å². The number of hydrogen-bond donors (Lipinski definition) is 1. The average molecular weight is 212 g/mol. The predicted octanol–water partition coefficient (Wildman–Crippen LogP) is 0.660. The average Bonchev–Trinajstić information content (AvgIpc) is 2.93. The van der Waals surface area contributed by atoms with Crippen molar-refractivity contribution in [2.24, 2.45) is 5.92 Å². The molecule has 3 nitrogen and oxygen atoms in total. The maximum atomic E-state index is 12.1. The summed E-state index contributed by atoms with van der Waals surface area (Å²) in [5.41, 5.74) is 0. The van der Waals surface area contributed by atoms with Gasteiger partial charge >= 0.3 is 0 Å². The number of fused-ring (bicyclic) bond motifs is 2. The minimum Gasteiger partial charge on any atom is -0.338 e. The molecule has 3 atom stereocenters. The molecule has 4 heteroatoms. The third kappa shape index (κ3) is 1.36. The van der Waals surface area contributed by atoms with Crippen LogP contribution >= 0.6 is 11.8 Å². The summed E-state index contributed by atoms with van der Waals surface area (Å²) in [6.45, 7) is 1.03. The topological polar surface area (TPSA) is 32.3 Å². The fourth-order valence-electron chi connectivity index (χ4n) is 2.95. The maximum absolute atomic E-state index is 12.1. The smallest absolute Gasteiger partial charge is 0.240 e. The Kier molecular flexibility index (Phi) is 2.21. The van der Waals surface area contributed by atoms with Gasteiger partial charge in [-0.15, -0.1) is 11.8 Å². The van der Waals surface area contributed by atoms with E-state index in [0.717, 1.165) is 24.1 Å². The summed E-state index contributed by atoms with van der Waals surface area (Å²) in [7, 11) is 0. The maximum Gasteiger partial charge on any atom is 0.240 e. The van der Waals surface area contributed by atoms with E-state index < -0.39 is 0 Å². The van der Waals surface area contributed by atoms with E-state index in [1.807, 2.05) is 11.8 Å². The van der Waals surface area contributed by atoms with Gasteiger partial charge in [0, 0.05) is 24.2 Å². The molecule has 0 radical (unpaired) electrons. The molecule has 3 fully saturated rings. The minimum absolute atomic E-state index is 0.111. The Morgan fingerprint density at radius 1 is 1.43 bits per heavy atom. The second-order valence-corrected chi connectivity index (χ2v) is 5.63. The van der Waals surface area contributed by atoms with E-state index in [1.165, 1.54) is 19.3 Å². The molecule has 3 aliphatic rings. The van der Waals surface area contributed by atoms with Crippen LogP contribution in [0, 0.1) is 5.92 Å². The van der Waals surface area contributed by atoms with Crippen LogP contribution in [0.25, 0.3) is 0 Å². The zero-order valence-electron chi connectivity index (χ0n) is 8.24. The Morgan fingerprint density at radius 3 is 2.93 bits per heavy atom. The monoisotopic (exact) mass is 212 g/mol. The molecule has 2 bridgehead atoms.